The Bertz CT molecular complexity index is 534. The monoisotopic (exact) mass is 245 g/mol. The molecule has 1 radical (unpaired) electrons. The van der Waals surface area contributed by atoms with E-state index in [-0.39, 0.29) is 18.1 Å². The summed E-state index contributed by atoms with van der Waals surface area (Å²) >= 11 is 0. The van der Waals surface area contributed by atoms with E-state index in [1.807, 2.05) is 0 Å². The topological polar surface area (TPSA) is 17.1 Å². The fraction of sp³-hybridized carbons (Fsp3) is 0.133. The van der Waals surface area contributed by atoms with Gasteiger partial charge >= 0.3 is 0 Å². The van der Waals surface area contributed by atoms with Gasteiger partial charge in [0.2, 0.25) is 0 Å². The Morgan fingerprint density at radius 2 is 1.67 bits per heavy atom. The van der Waals surface area contributed by atoms with Gasteiger partial charge in [0.1, 0.15) is 11.6 Å². The zero-order chi connectivity index (χ0) is 13.0. The van der Waals surface area contributed by atoms with Crippen molar-refractivity contribution in [2.24, 2.45) is 0 Å². The summed E-state index contributed by atoms with van der Waals surface area (Å²) in [5.41, 5.74) is 1.12. The molecule has 0 N–H and O–H groups in total. The molecule has 3 heteroatoms. The van der Waals surface area contributed by atoms with Gasteiger partial charge in [0, 0.05) is 12.3 Å². The fourth-order valence-corrected chi connectivity index (χ4v) is 1.94. The first-order valence-electron chi connectivity index (χ1n) is 5.57. The molecular formula is C15H11F2O. The predicted molar refractivity (Wildman–Crippen MR) is 65.0 cm³/mol. The first-order valence-corrected chi connectivity index (χ1v) is 5.57. The zero-order valence-corrected chi connectivity index (χ0v) is 9.57. The quantitative estimate of drug-likeness (QED) is 0.804. The molecule has 0 aliphatic rings. The Labute approximate surface area is 104 Å². The van der Waals surface area contributed by atoms with E-state index in [9.17, 15) is 13.6 Å². The summed E-state index contributed by atoms with van der Waals surface area (Å²) in [4.78, 5) is 10.6. The van der Waals surface area contributed by atoms with Crippen molar-refractivity contribution >= 4 is 6.29 Å². The van der Waals surface area contributed by atoms with Crippen LogP contribution in [0, 0.1) is 11.6 Å². The molecule has 0 saturated heterocycles. The molecule has 0 aromatic heterocycles. The van der Waals surface area contributed by atoms with E-state index in [4.69, 9.17) is 0 Å². The lowest BCUT2D eigenvalue weighted by atomic mass is 9.89. The minimum Gasteiger partial charge on any atom is -0.291 e. The van der Waals surface area contributed by atoms with Crippen LogP contribution >= 0.6 is 0 Å². The van der Waals surface area contributed by atoms with E-state index in [2.05, 4.69) is 0 Å². The van der Waals surface area contributed by atoms with Crippen LogP contribution in [0.25, 0.3) is 0 Å². The Balaban J connectivity index is 2.43. The summed E-state index contributed by atoms with van der Waals surface area (Å²) in [5, 5.41) is 0. The smallest absolute Gasteiger partial charge is 0.199 e. The van der Waals surface area contributed by atoms with Crippen LogP contribution in [0.3, 0.4) is 0 Å². The van der Waals surface area contributed by atoms with Gasteiger partial charge in [0.25, 0.3) is 0 Å². The van der Waals surface area contributed by atoms with Crippen molar-refractivity contribution in [3.05, 3.63) is 71.3 Å². The van der Waals surface area contributed by atoms with Crippen LogP contribution in [0.1, 0.15) is 23.5 Å². The molecule has 2 aromatic carbocycles. The van der Waals surface area contributed by atoms with E-state index in [1.165, 1.54) is 18.2 Å². The molecule has 0 saturated carbocycles. The van der Waals surface area contributed by atoms with Gasteiger partial charge in [-0.15, -0.1) is 0 Å². The number of benzene rings is 2. The zero-order valence-electron chi connectivity index (χ0n) is 9.57. The summed E-state index contributed by atoms with van der Waals surface area (Å²) in [6.45, 7) is 0. The highest BCUT2D eigenvalue weighted by Gasteiger charge is 2.17. The minimum absolute atomic E-state index is 0.0482. The van der Waals surface area contributed by atoms with Crippen LogP contribution in [0.5, 0.6) is 0 Å². The summed E-state index contributed by atoms with van der Waals surface area (Å²) in [7, 11) is 0. The van der Waals surface area contributed by atoms with Crippen LogP contribution in [-0.4, -0.2) is 6.29 Å². The lowest BCUT2D eigenvalue weighted by Crippen LogP contribution is -2.04. The van der Waals surface area contributed by atoms with E-state index >= 15 is 0 Å². The van der Waals surface area contributed by atoms with Gasteiger partial charge < -0.3 is 0 Å². The number of rotatable bonds is 4. The molecule has 0 bridgehead atoms. The van der Waals surface area contributed by atoms with Crippen molar-refractivity contribution in [2.75, 3.05) is 0 Å². The third kappa shape index (κ3) is 2.62. The normalized spacial score (nSPS) is 12.1. The molecule has 0 heterocycles. The van der Waals surface area contributed by atoms with Crippen molar-refractivity contribution in [1.82, 2.24) is 0 Å². The Morgan fingerprint density at radius 1 is 1.00 bits per heavy atom. The summed E-state index contributed by atoms with van der Waals surface area (Å²) in [5.74, 6) is -1.16. The molecule has 0 spiro atoms. The lowest BCUT2D eigenvalue weighted by Gasteiger charge is -2.15. The van der Waals surface area contributed by atoms with E-state index in [0.29, 0.717) is 11.1 Å². The maximum absolute atomic E-state index is 13.7. The number of hydrogen-bond donors (Lipinski definition) is 0. The van der Waals surface area contributed by atoms with Crippen LogP contribution in [0.15, 0.2) is 48.5 Å². The van der Waals surface area contributed by atoms with Crippen LogP contribution < -0.4 is 0 Å². The standard InChI is InChI=1S/C15H11F2O/c16-12-7-5-11(6-8-12)13(9-10-18)14-3-1-2-4-15(14)17/h1-8,13H,9H2/t13-/m0/s1. The molecule has 2 aromatic rings. The molecule has 0 amide bonds. The Morgan fingerprint density at radius 3 is 2.28 bits per heavy atom. The Kier molecular flexibility index (Phi) is 3.82. The molecule has 2 rings (SSSR count). The number of carbonyl (C=O) groups excluding carboxylic acids is 1. The third-order valence-corrected chi connectivity index (χ3v) is 2.84. The third-order valence-electron chi connectivity index (χ3n) is 2.84. The fourth-order valence-electron chi connectivity index (χ4n) is 1.94. The van der Waals surface area contributed by atoms with Gasteiger partial charge in [0.15, 0.2) is 6.29 Å². The number of halogens is 2. The molecule has 1 nitrogen and oxygen atoms in total. The lowest BCUT2D eigenvalue weighted by molar-refractivity contribution is 0.543. The number of hydrogen-bond acceptors (Lipinski definition) is 1. The van der Waals surface area contributed by atoms with Gasteiger partial charge in [-0.05, 0) is 29.3 Å². The van der Waals surface area contributed by atoms with E-state index in [1.54, 1.807) is 36.6 Å². The highest BCUT2D eigenvalue weighted by atomic mass is 19.1. The van der Waals surface area contributed by atoms with Crippen molar-refractivity contribution in [2.45, 2.75) is 12.3 Å². The highest BCUT2D eigenvalue weighted by molar-refractivity contribution is 5.55. The second kappa shape index (κ2) is 5.54. The molecule has 91 valence electrons. The maximum atomic E-state index is 13.7. The van der Waals surface area contributed by atoms with E-state index in [0.717, 1.165) is 0 Å². The summed E-state index contributed by atoms with van der Waals surface area (Å²) in [6, 6.07) is 12.0. The van der Waals surface area contributed by atoms with Crippen molar-refractivity contribution < 1.29 is 13.6 Å². The average molecular weight is 245 g/mol. The van der Waals surface area contributed by atoms with E-state index < -0.39 is 5.92 Å². The highest BCUT2D eigenvalue weighted by Crippen LogP contribution is 2.29. The largest absolute Gasteiger partial charge is 0.291 e. The van der Waals surface area contributed by atoms with Crippen molar-refractivity contribution in [3.63, 3.8) is 0 Å². The van der Waals surface area contributed by atoms with Crippen LogP contribution in [0.4, 0.5) is 8.78 Å². The van der Waals surface area contributed by atoms with Crippen molar-refractivity contribution in [1.29, 1.82) is 0 Å². The molecule has 0 aliphatic heterocycles. The molecule has 0 aliphatic carbocycles. The SMILES string of the molecule is O=[C]C[C@@H](c1ccc(F)cc1)c1ccccc1F. The van der Waals surface area contributed by atoms with Gasteiger partial charge in [0.05, 0.1) is 0 Å². The summed E-state index contributed by atoms with van der Waals surface area (Å²) < 4.78 is 26.6. The molecule has 18 heavy (non-hydrogen) atoms. The van der Waals surface area contributed by atoms with Crippen LogP contribution in [-0.2, 0) is 4.79 Å². The van der Waals surface area contributed by atoms with Gasteiger partial charge in [-0.25, -0.2) is 8.78 Å². The minimum atomic E-state index is -0.427. The second-order valence-electron chi connectivity index (χ2n) is 3.97. The first-order chi connectivity index (χ1) is 8.72. The van der Waals surface area contributed by atoms with Gasteiger partial charge in [-0.3, -0.25) is 4.79 Å². The van der Waals surface area contributed by atoms with Crippen LogP contribution in [0.2, 0.25) is 0 Å². The van der Waals surface area contributed by atoms with Crippen molar-refractivity contribution in [3.8, 4) is 0 Å². The van der Waals surface area contributed by atoms with Gasteiger partial charge in [-0.1, -0.05) is 30.3 Å². The summed E-state index contributed by atoms with van der Waals surface area (Å²) in [6.07, 6.45) is 1.84. The first kappa shape index (κ1) is 12.4. The predicted octanol–water partition coefficient (Wildman–Crippen LogP) is 3.60. The molecule has 0 unspecified atom stereocenters. The molecular weight excluding hydrogens is 234 g/mol. The molecule has 0 fully saturated rings. The maximum Gasteiger partial charge on any atom is 0.199 e. The molecule has 1 atom stereocenters. The average Bonchev–Trinajstić information content (AvgIpc) is 2.38. The Hall–Kier alpha value is -2.03. The van der Waals surface area contributed by atoms with Gasteiger partial charge in [-0.2, -0.15) is 0 Å². The second-order valence-corrected chi connectivity index (χ2v) is 3.97.